The van der Waals surface area contributed by atoms with Gasteiger partial charge in [-0.25, -0.2) is 8.42 Å². The number of nitrogens with one attached hydrogen (secondary N) is 1. The van der Waals surface area contributed by atoms with Crippen molar-refractivity contribution in [2.45, 2.75) is 38.1 Å². The number of hydrogen-bond donors (Lipinski definition) is 1. The first kappa shape index (κ1) is 24.8. The normalized spacial score (nSPS) is 12.5. The molecule has 2 aromatic rings. The number of carbonyl (C=O) groups is 2. The molecular formula is C22H27ClN2O5S. The van der Waals surface area contributed by atoms with Gasteiger partial charge >= 0.3 is 5.97 Å². The summed E-state index contributed by atoms with van der Waals surface area (Å²) in [6, 6.07) is 10.6. The van der Waals surface area contributed by atoms with E-state index in [0.717, 1.165) is 0 Å². The second-order valence-electron chi connectivity index (χ2n) is 6.89. The molecule has 31 heavy (non-hydrogen) atoms. The van der Waals surface area contributed by atoms with Crippen molar-refractivity contribution in [2.24, 2.45) is 0 Å². The van der Waals surface area contributed by atoms with Gasteiger partial charge in [0, 0.05) is 23.7 Å². The lowest BCUT2D eigenvalue weighted by Gasteiger charge is -2.21. The number of benzene rings is 2. The van der Waals surface area contributed by atoms with E-state index in [0.29, 0.717) is 29.2 Å². The first-order valence-corrected chi connectivity index (χ1v) is 11.7. The number of nitrogens with zero attached hydrogens (tertiary/aromatic N) is 1. The number of ether oxygens (including phenoxy) is 1. The van der Waals surface area contributed by atoms with Crippen molar-refractivity contribution in [3.63, 3.8) is 0 Å². The molecule has 2 rings (SSSR count). The summed E-state index contributed by atoms with van der Waals surface area (Å²) in [5, 5.41) is 3.19. The Morgan fingerprint density at radius 1 is 1.13 bits per heavy atom. The van der Waals surface area contributed by atoms with Crippen LogP contribution in [0.3, 0.4) is 0 Å². The van der Waals surface area contributed by atoms with E-state index in [1.807, 2.05) is 0 Å². The lowest BCUT2D eigenvalue weighted by atomic mass is 10.0. The quantitative estimate of drug-likeness (QED) is 0.568. The molecule has 9 heteroatoms. The van der Waals surface area contributed by atoms with E-state index in [1.54, 1.807) is 51.1 Å². The molecule has 1 unspecified atom stereocenters. The maximum absolute atomic E-state index is 13.1. The van der Waals surface area contributed by atoms with Crippen molar-refractivity contribution in [2.75, 3.05) is 20.2 Å². The van der Waals surface area contributed by atoms with Crippen LogP contribution in [-0.4, -0.2) is 44.8 Å². The number of aryl methyl sites for hydroxylation is 1. The summed E-state index contributed by atoms with van der Waals surface area (Å²) in [6.07, 6.45) is -0.123. The van der Waals surface area contributed by atoms with Crippen LogP contribution in [0.15, 0.2) is 47.4 Å². The van der Waals surface area contributed by atoms with E-state index in [1.165, 1.54) is 23.5 Å². The maximum atomic E-state index is 13.1. The monoisotopic (exact) mass is 466 g/mol. The number of sulfonamides is 1. The van der Waals surface area contributed by atoms with E-state index in [4.69, 9.17) is 16.3 Å². The lowest BCUT2D eigenvalue weighted by molar-refractivity contribution is -0.141. The van der Waals surface area contributed by atoms with Crippen LogP contribution in [0.5, 0.6) is 0 Å². The SMILES string of the molecule is CCN(CC)S(=O)(=O)c1ccc(C)c(C(=O)NC(CC(=O)OC)c2ccccc2Cl)c1. The maximum Gasteiger partial charge on any atom is 0.307 e. The van der Waals surface area contributed by atoms with Crippen LogP contribution >= 0.6 is 11.6 Å². The van der Waals surface area contributed by atoms with Crippen molar-refractivity contribution in [1.82, 2.24) is 9.62 Å². The van der Waals surface area contributed by atoms with Crippen molar-refractivity contribution in [3.05, 3.63) is 64.2 Å². The molecule has 1 N–H and O–H groups in total. The van der Waals surface area contributed by atoms with Gasteiger partial charge in [0.1, 0.15) is 0 Å². The Kier molecular flexibility index (Phi) is 8.61. The Morgan fingerprint density at radius 3 is 2.35 bits per heavy atom. The van der Waals surface area contributed by atoms with Gasteiger partial charge in [0.25, 0.3) is 5.91 Å². The Hall–Kier alpha value is -2.42. The van der Waals surface area contributed by atoms with Gasteiger partial charge in [-0.2, -0.15) is 4.31 Å². The number of rotatable bonds is 9. The van der Waals surface area contributed by atoms with Gasteiger partial charge < -0.3 is 10.1 Å². The molecule has 7 nitrogen and oxygen atoms in total. The fraction of sp³-hybridized carbons (Fsp3) is 0.364. The molecule has 0 radical (unpaired) electrons. The van der Waals surface area contributed by atoms with Gasteiger partial charge in [0.15, 0.2) is 0 Å². The standard InChI is InChI=1S/C22H27ClN2O5S/c1-5-25(6-2)31(28,29)16-12-11-15(3)18(13-16)22(27)24-20(14-21(26)30-4)17-9-7-8-10-19(17)23/h7-13,20H,5-6,14H2,1-4H3,(H,24,27). The minimum absolute atomic E-state index is 0.0363. The summed E-state index contributed by atoms with van der Waals surface area (Å²) in [5.41, 5.74) is 1.37. The first-order chi connectivity index (χ1) is 14.6. The Balaban J connectivity index is 2.42. The second-order valence-corrected chi connectivity index (χ2v) is 9.24. The van der Waals surface area contributed by atoms with Gasteiger partial charge in [-0.1, -0.05) is 49.7 Å². The van der Waals surface area contributed by atoms with Crippen LogP contribution in [0, 0.1) is 6.92 Å². The summed E-state index contributed by atoms with van der Waals surface area (Å²) >= 11 is 6.27. The Labute approximate surface area is 188 Å². The van der Waals surface area contributed by atoms with Gasteiger partial charge in [-0.3, -0.25) is 9.59 Å². The predicted octanol–water partition coefficient (Wildman–Crippen LogP) is 3.71. The Bertz CT molecular complexity index is 1050. The molecule has 0 aromatic heterocycles. The number of halogens is 1. The van der Waals surface area contributed by atoms with Crippen LogP contribution in [0.4, 0.5) is 0 Å². The minimum atomic E-state index is -3.73. The van der Waals surface area contributed by atoms with Crippen LogP contribution in [0.1, 0.15) is 47.8 Å². The zero-order chi connectivity index (χ0) is 23.2. The third kappa shape index (κ3) is 5.84. The van der Waals surface area contributed by atoms with Crippen LogP contribution < -0.4 is 5.32 Å². The molecule has 168 valence electrons. The molecule has 0 aliphatic carbocycles. The molecule has 0 aliphatic rings. The van der Waals surface area contributed by atoms with E-state index in [-0.39, 0.29) is 16.9 Å². The molecule has 0 heterocycles. The highest BCUT2D eigenvalue weighted by Gasteiger charge is 2.26. The largest absolute Gasteiger partial charge is 0.469 e. The lowest BCUT2D eigenvalue weighted by Crippen LogP contribution is -2.32. The molecule has 1 amide bonds. The van der Waals surface area contributed by atoms with Crippen molar-refractivity contribution < 1.29 is 22.7 Å². The summed E-state index contributed by atoms with van der Waals surface area (Å²) in [7, 11) is -2.46. The number of methoxy groups -OCH3 is 1. The van der Waals surface area contributed by atoms with Crippen molar-refractivity contribution in [3.8, 4) is 0 Å². The van der Waals surface area contributed by atoms with Crippen LogP contribution in [0.25, 0.3) is 0 Å². The predicted molar refractivity (Wildman–Crippen MR) is 120 cm³/mol. The first-order valence-electron chi connectivity index (χ1n) is 9.88. The summed E-state index contributed by atoms with van der Waals surface area (Å²) in [6.45, 7) is 5.87. The average molecular weight is 467 g/mol. The summed E-state index contributed by atoms with van der Waals surface area (Å²) < 4.78 is 31.8. The fourth-order valence-electron chi connectivity index (χ4n) is 3.20. The van der Waals surface area contributed by atoms with E-state index in [2.05, 4.69) is 5.32 Å². The average Bonchev–Trinajstić information content (AvgIpc) is 2.74. The highest BCUT2D eigenvalue weighted by molar-refractivity contribution is 7.89. The van der Waals surface area contributed by atoms with E-state index < -0.39 is 27.9 Å². The van der Waals surface area contributed by atoms with Gasteiger partial charge in [-0.15, -0.1) is 0 Å². The van der Waals surface area contributed by atoms with Crippen LogP contribution in [-0.2, 0) is 19.6 Å². The molecule has 0 fully saturated rings. The highest BCUT2D eigenvalue weighted by Crippen LogP contribution is 2.27. The number of amides is 1. The van der Waals surface area contributed by atoms with Gasteiger partial charge in [0.2, 0.25) is 10.0 Å². The molecule has 1 atom stereocenters. The van der Waals surface area contributed by atoms with Gasteiger partial charge in [0.05, 0.1) is 24.5 Å². The molecule has 0 bridgehead atoms. The minimum Gasteiger partial charge on any atom is -0.469 e. The molecule has 2 aromatic carbocycles. The summed E-state index contributed by atoms with van der Waals surface area (Å²) in [5.74, 6) is -1.03. The van der Waals surface area contributed by atoms with Crippen molar-refractivity contribution in [1.29, 1.82) is 0 Å². The van der Waals surface area contributed by atoms with Crippen LogP contribution in [0.2, 0.25) is 5.02 Å². The number of carbonyl (C=O) groups excluding carboxylic acids is 2. The molecule has 0 saturated heterocycles. The molecular weight excluding hydrogens is 440 g/mol. The zero-order valence-corrected chi connectivity index (χ0v) is 19.6. The number of hydrogen-bond acceptors (Lipinski definition) is 5. The zero-order valence-electron chi connectivity index (χ0n) is 18.0. The molecule has 0 aliphatic heterocycles. The Morgan fingerprint density at radius 2 is 1.77 bits per heavy atom. The molecule has 0 spiro atoms. The molecule has 0 saturated carbocycles. The third-order valence-corrected chi connectivity index (χ3v) is 7.37. The summed E-state index contributed by atoms with van der Waals surface area (Å²) in [4.78, 5) is 25.1. The van der Waals surface area contributed by atoms with E-state index >= 15 is 0 Å². The smallest absolute Gasteiger partial charge is 0.307 e. The second kappa shape index (κ2) is 10.7. The highest BCUT2D eigenvalue weighted by atomic mass is 35.5. The van der Waals surface area contributed by atoms with Crippen molar-refractivity contribution >= 4 is 33.5 Å². The topological polar surface area (TPSA) is 92.8 Å². The fourth-order valence-corrected chi connectivity index (χ4v) is 4.95. The van der Waals surface area contributed by atoms with E-state index in [9.17, 15) is 18.0 Å². The number of esters is 1. The third-order valence-electron chi connectivity index (χ3n) is 4.98. The van der Waals surface area contributed by atoms with Gasteiger partial charge in [-0.05, 0) is 36.2 Å².